The zero-order valence-corrected chi connectivity index (χ0v) is 11.7. The first-order valence-corrected chi connectivity index (χ1v) is 5.79. The zero-order chi connectivity index (χ0) is 13.2. The first kappa shape index (κ1) is 14.1. The molecule has 0 fully saturated rings. The lowest BCUT2D eigenvalue weighted by molar-refractivity contribution is 0.217. The van der Waals surface area contributed by atoms with Crippen molar-refractivity contribution in [1.82, 2.24) is 0 Å². The molecule has 0 saturated carbocycles. The molecule has 0 amide bonds. The van der Waals surface area contributed by atoms with Gasteiger partial charge in [0, 0.05) is 5.41 Å². The van der Waals surface area contributed by atoms with Gasteiger partial charge in [-0.25, -0.2) is 0 Å². The van der Waals surface area contributed by atoms with E-state index in [9.17, 15) is 5.11 Å². The van der Waals surface area contributed by atoms with E-state index in [1.807, 2.05) is 26.8 Å². The summed E-state index contributed by atoms with van der Waals surface area (Å²) >= 11 is 6.26. The Balaban J connectivity index is 3.50. The maximum atomic E-state index is 9.44. The van der Waals surface area contributed by atoms with Gasteiger partial charge in [0.1, 0.15) is 0 Å². The largest absolute Gasteiger partial charge is 0.493 e. The summed E-state index contributed by atoms with van der Waals surface area (Å²) in [5, 5.41) is 9.97. The third-order valence-electron chi connectivity index (χ3n) is 2.98. The molecule has 4 heteroatoms. The molecule has 17 heavy (non-hydrogen) atoms. The SMILES string of the molecule is COc1cc(C(C)(C)CO)c(C)c(Cl)c1OC. The second-order valence-corrected chi connectivity index (χ2v) is 5.02. The molecule has 0 heterocycles. The Labute approximate surface area is 107 Å². The van der Waals surface area contributed by atoms with Crippen LogP contribution in [0, 0.1) is 6.92 Å². The molecule has 1 N–H and O–H groups in total. The maximum Gasteiger partial charge on any atom is 0.179 e. The van der Waals surface area contributed by atoms with Crippen molar-refractivity contribution in [3.8, 4) is 11.5 Å². The lowest BCUT2D eigenvalue weighted by atomic mass is 9.82. The van der Waals surface area contributed by atoms with Crippen molar-refractivity contribution in [2.45, 2.75) is 26.2 Å². The summed E-state index contributed by atoms with van der Waals surface area (Å²) in [6.45, 7) is 5.87. The Morgan fingerprint density at radius 2 is 1.88 bits per heavy atom. The predicted octanol–water partition coefficient (Wildman–Crippen LogP) is 2.94. The summed E-state index contributed by atoms with van der Waals surface area (Å²) in [4.78, 5) is 0. The van der Waals surface area contributed by atoms with Crippen LogP contribution in [0.5, 0.6) is 11.5 Å². The average Bonchev–Trinajstić information content (AvgIpc) is 2.31. The van der Waals surface area contributed by atoms with Crippen LogP contribution in [0.25, 0.3) is 0 Å². The van der Waals surface area contributed by atoms with Crippen molar-refractivity contribution in [3.63, 3.8) is 0 Å². The molecular weight excluding hydrogens is 240 g/mol. The van der Waals surface area contributed by atoms with E-state index in [4.69, 9.17) is 21.1 Å². The van der Waals surface area contributed by atoms with Crippen molar-refractivity contribution in [1.29, 1.82) is 0 Å². The molecule has 0 aromatic heterocycles. The first-order chi connectivity index (χ1) is 7.88. The van der Waals surface area contributed by atoms with Gasteiger partial charge in [0.2, 0.25) is 0 Å². The van der Waals surface area contributed by atoms with E-state index in [0.29, 0.717) is 16.5 Å². The Morgan fingerprint density at radius 1 is 1.29 bits per heavy atom. The minimum absolute atomic E-state index is 0.0413. The number of aliphatic hydroxyl groups excluding tert-OH is 1. The van der Waals surface area contributed by atoms with Gasteiger partial charge in [0.25, 0.3) is 0 Å². The molecule has 0 unspecified atom stereocenters. The van der Waals surface area contributed by atoms with Crippen molar-refractivity contribution < 1.29 is 14.6 Å². The zero-order valence-electron chi connectivity index (χ0n) is 10.9. The lowest BCUT2D eigenvalue weighted by Crippen LogP contribution is -2.23. The van der Waals surface area contributed by atoms with Gasteiger partial charge in [-0.1, -0.05) is 25.4 Å². The summed E-state index contributed by atoms with van der Waals surface area (Å²) in [7, 11) is 3.12. The standard InChI is InChI=1S/C13H19ClO3/c1-8-9(13(2,3)7-15)6-10(16-4)12(17-5)11(8)14/h6,15H,7H2,1-5H3. The fourth-order valence-electron chi connectivity index (χ4n) is 1.83. The molecule has 3 nitrogen and oxygen atoms in total. The van der Waals surface area contributed by atoms with E-state index < -0.39 is 0 Å². The van der Waals surface area contributed by atoms with Gasteiger partial charge >= 0.3 is 0 Å². The molecule has 96 valence electrons. The van der Waals surface area contributed by atoms with E-state index in [1.165, 1.54) is 0 Å². The fourth-order valence-corrected chi connectivity index (χ4v) is 2.10. The third kappa shape index (κ3) is 2.50. The highest BCUT2D eigenvalue weighted by molar-refractivity contribution is 6.33. The quantitative estimate of drug-likeness (QED) is 0.903. The van der Waals surface area contributed by atoms with Crippen molar-refractivity contribution >= 4 is 11.6 Å². The van der Waals surface area contributed by atoms with Gasteiger partial charge in [-0.2, -0.15) is 0 Å². The Kier molecular flexibility index (Phi) is 4.28. The van der Waals surface area contributed by atoms with E-state index in [2.05, 4.69) is 0 Å². The average molecular weight is 259 g/mol. The van der Waals surface area contributed by atoms with Crippen LogP contribution in [-0.4, -0.2) is 25.9 Å². The first-order valence-electron chi connectivity index (χ1n) is 5.41. The minimum atomic E-state index is -0.368. The van der Waals surface area contributed by atoms with E-state index >= 15 is 0 Å². The lowest BCUT2D eigenvalue weighted by Gasteiger charge is -2.26. The number of methoxy groups -OCH3 is 2. The molecule has 1 rings (SSSR count). The van der Waals surface area contributed by atoms with E-state index in [-0.39, 0.29) is 12.0 Å². The van der Waals surface area contributed by atoms with Gasteiger partial charge in [-0.3, -0.25) is 0 Å². The molecule has 0 aliphatic heterocycles. The Hall–Kier alpha value is -0.930. The number of ether oxygens (including phenoxy) is 2. The topological polar surface area (TPSA) is 38.7 Å². The number of aliphatic hydroxyl groups is 1. The number of hydrogen-bond donors (Lipinski definition) is 1. The highest BCUT2D eigenvalue weighted by atomic mass is 35.5. The van der Waals surface area contributed by atoms with Crippen LogP contribution in [0.15, 0.2) is 6.07 Å². The summed E-state index contributed by atoms with van der Waals surface area (Å²) in [6, 6.07) is 1.87. The van der Waals surface area contributed by atoms with Crippen LogP contribution in [0.4, 0.5) is 0 Å². The molecule has 0 radical (unpaired) electrons. The van der Waals surface area contributed by atoms with Crippen LogP contribution >= 0.6 is 11.6 Å². The van der Waals surface area contributed by atoms with Gasteiger partial charge in [-0.15, -0.1) is 0 Å². The fraction of sp³-hybridized carbons (Fsp3) is 0.538. The van der Waals surface area contributed by atoms with Crippen LogP contribution in [0.2, 0.25) is 5.02 Å². The van der Waals surface area contributed by atoms with E-state index in [0.717, 1.165) is 11.1 Å². The van der Waals surface area contributed by atoms with E-state index in [1.54, 1.807) is 14.2 Å². The van der Waals surface area contributed by atoms with Gasteiger partial charge in [-0.05, 0) is 24.1 Å². The second kappa shape index (κ2) is 5.15. The molecule has 0 atom stereocenters. The number of hydrogen-bond acceptors (Lipinski definition) is 3. The van der Waals surface area contributed by atoms with Crippen molar-refractivity contribution in [2.75, 3.05) is 20.8 Å². The molecule has 0 aliphatic carbocycles. The number of rotatable bonds is 4. The maximum absolute atomic E-state index is 9.44. The summed E-state index contributed by atoms with van der Waals surface area (Å²) in [5.74, 6) is 1.11. The van der Waals surface area contributed by atoms with Crippen molar-refractivity contribution in [3.05, 3.63) is 22.2 Å². The summed E-state index contributed by atoms with van der Waals surface area (Å²) in [6.07, 6.45) is 0. The molecule has 1 aromatic rings. The van der Waals surface area contributed by atoms with Gasteiger partial charge < -0.3 is 14.6 Å². The number of halogens is 1. The van der Waals surface area contributed by atoms with Gasteiger partial charge in [0.15, 0.2) is 11.5 Å². The molecule has 0 saturated heterocycles. The van der Waals surface area contributed by atoms with Crippen LogP contribution in [0.1, 0.15) is 25.0 Å². The molecular formula is C13H19ClO3. The summed E-state index contributed by atoms with van der Waals surface area (Å²) in [5.41, 5.74) is 1.50. The molecule has 0 aliphatic rings. The second-order valence-electron chi connectivity index (χ2n) is 4.64. The third-order valence-corrected chi connectivity index (χ3v) is 3.44. The van der Waals surface area contributed by atoms with Crippen LogP contribution < -0.4 is 9.47 Å². The van der Waals surface area contributed by atoms with Crippen LogP contribution in [0.3, 0.4) is 0 Å². The monoisotopic (exact) mass is 258 g/mol. The smallest absolute Gasteiger partial charge is 0.179 e. The normalized spacial score (nSPS) is 11.5. The minimum Gasteiger partial charge on any atom is -0.493 e. The highest BCUT2D eigenvalue weighted by Gasteiger charge is 2.26. The summed E-state index contributed by atoms with van der Waals surface area (Å²) < 4.78 is 10.5. The molecule has 0 spiro atoms. The van der Waals surface area contributed by atoms with Crippen LogP contribution in [-0.2, 0) is 5.41 Å². The Bertz CT molecular complexity index is 414. The number of benzene rings is 1. The van der Waals surface area contributed by atoms with Gasteiger partial charge in [0.05, 0.1) is 25.8 Å². The molecule has 1 aromatic carbocycles. The predicted molar refractivity (Wildman–Crippen MR) is 69.4 cm³/mol. The molecule has 0 bridgehead atoms. The van der Waals surface area contributed by atoms with Crippen molar-refractivity contribution in [2.24, 2.45) is 0 Å². The highest BCUT2D eigenvalue weighted by Crippen LogP contribution is 2.42. The Morgan fingerprint density at radius 3 is 2.29 bits per heavy atom.